The Morgan fingerprint density at radius 3 is 1.32 bits per heavy atom. The summed E-state index contributed by atoms with van der Waals surface area (Å²) in [6.07, 6.45) is 4.63. The van der Waals surface area contributed by atoms with Gasteiger partial charge in [0.1, 0.15) is 0 Å². The number of nitrogens with zero attached hydrogens (tertiary/aromatic N) is 1. The average Bonchev–Trinajstić information content (AvgIpc) is 3.48. The molecule has 0 saturated heterocycles. The van der Waals surface area contributed by atoms with Gasteiger partial charge in [-0.05, 0) is 159 Å². The van der Waals surface area contributed by atoms with Gasteiger partial charge in [0, 0.05) is 22.1 Å². The molecule has 0 radical (unpaired) electrons. The van der Waals surface area contributed by atoms with Crippen LogP contribution in [0.25, 0.3) is 104 Å². The van der Waals surface area contributed by atoms with Gasteiger partial charge < -0.3 is 4.90 Å². The van der Waals surface area contributed by atoms with Gasteiger partial charge in [-0.3, -0.25) is 0 Å². The molecular weight excluding hydrogens is 891 g/mol. The van der Waals surface area contributed by atoms with Crippen molar-refractivity contribution in [3.8, 4) is 22.3 Å². The largest absolute Gasteiger partial charge is 0.309 e. The lowest BCUT2D eigenvalue weighted by molar-refractivity contribution is 1.32. The third kappa shape index (κ3) is 7.93. The molecule has 0 aliphatic rings. The summed E-state index contributed by atoms with van der Waals surface area (Å²) in [5.41, 5.74) is 14.8. The second kappa shape index (κ2) is 18.9. The Hall–Kier alpha value is -9.56. The summed E-state index contributed by atoms with van der Waals surface area (Å²) in [7, 11) is 0. The second-order valence-corrected chi connectivity index (χ2v) is 19.3. The van der Waals surface area contributed by atoms with Crippen LogP contribution >= 0.6 is 0 Å². The number of hydrogen-bond acceptors (Lipinski definition) is 1. The molecule has 0 unspecified atom stereocenters. The first-order chi connectivity index (χ1) is 36.6. The van der Waals surface area contributed by atoms with Crippen molar-refractivity contribution in [2.24, 2.45) is 0 Å². The topological polar surface area (TPSA) is 3.24 Å². The van der Waals surface area contributed by atoms with Crippen LogP contribution in [-0.4, -0.2) is 0 Å². The van der Waals surface area contributed by atoms with Crippen molar-refractivity contribution in [3.05, 3.63) is 302 Å². The van der Waals surface area contributed by atoms with Crippen LogP contribution in [0.2, 0.25) is 0 Å². The minimum Gasteiger partial charge on any atom is -0.309 e. The van der Waals surface area contributed by atoms with E-state index in [2.05, 4.69) is 297 Å². The van der Waals surface area contributed by atoms with Crippen molar-refractivity contribution in [1.29, 1.82) is 0 Å². The van der Waals surface area contributed by atoms with E-state index in [1.807, 2.05) is 0 Å². The van der Waals surface area contributed by atoms with Gasteiger partial charge in [0.15, 0.2) is 0 Å². The first-order valence-electron chi connectivity index (χ1n) is 25.5. The molecule has 0 aliphatic carbocycles. The van der Waals surface area contributed by atoms with E-state index in [-0.39, 0.29) is 0 Å². The van der Waals surface area contributed by atoms with Crippen molar-refractivity contribution >= 4 is 98.4 Å². The molecular formula is C73H51N. The molecule has 0 atom stereocenters. The lowest BCUT2D eigenvalue weighted by atomic mass is 9.84. The summed E-state index contributed by atoms with van der Waals surface area (Å²) in [4.78, 5) is 2.50. The van der Waals surface area contributed by atoms with Crippen LogP contribution < -0.4 is 4.90 Å². The molecule has 0 saturated carbocycles. The van der Waals surface area contributed by atoms with E-state index in [0.29, 0.717) is 0 Å². The molecule has 1 nitrogen and oxygen atoms in total. The lowest BCUT2D eigenvalue weighted by Gasteiger charge is -2.30. The fraction of sp³-hybridized carbons (Fsp3) is 0.0137. The van der Waals surface area contributed by atoms with Crippen LogP contribution in [0, 0.1) is 0 Å². The van der Waals surface area contributed by atoms with Crippen LogP contribution in [0.4, 0.5) is 17.1 Å². The number of hydrogen-bond donors (Lipinski definition) is 0. The number of allylic oxidation sites excluding steroid dienone is 5. The SMILES string of the molecule is C=C(/C=C(\C=C(/C)c1ccccc1)c1c2ccccc2c(N(c2ccccc2)c2ccc3c(-c4ccc5ccccc5c4)c4ccccc4c(-c4ccc5ccccc5c4)c3c2)c2ccccc12)c1ccccc1. The zero-order chi connectivity index (χ0) is 49.5. The second-order valence-electron chi connectivity index (χ2n) is 19.3. The Bertz CT molecular complexity index is 4310. The van der Waals surface area contributed by atoms with Crippen molar-refractivity contribution in [2.75, 3.05) is 4.90 Å². The molecule has 0 amide bonds. The minimum absolute atomic E-state index is 0.954. The van der Waals surface area contributed by atoms with E-state index in [9.17, 15) is 0 Å². The lowest BCUT2D eigenvalue weighted by Crippen LogP contribution is -2.12. The third-order valence-electron chi connectivity index (χ3n) is 14.8. The fourth-order valence-electron chi connectivity index (χ4n) is 11.4. The predicted molar refractivity (Wildman–Crippen MR) is 321 cm³/mol. The van der Waals surface area contributed by atoms with E-state index in [0.717, 1.165) is 55.3 Å². The molecule has 0 N–H and O–H groups in total. The monoisotopic (exact) mass is 941 g/mol. The molecule has 0 bridgehead atoms. The van der Waals surface area contributed by atoms with Gasteiger partial charge in [0.2, 0.25) is 0 Å². The Morgan fingerprint density at radius 1 is 0.338 bits per heavy atom. The minimum atomic E-state index is 0.954. The molecule has 0 spiro atoms. The molecule has 74 heavy (non-hydrogen) atoms. The molecule has 348 valence electrons. The standard InChI is InChI=1S/C73H51N/c1-49(51-22-6-3-7-23-51)44-59(45-50(2)52-24-8-4-9-25-52)72-64-34-18-20-36-67(64)73(68-37-21-19-35-65(68)72)74(60-30-10-5-11-31-60)61-42-43-66-69(48-61)71(58-41-39-54-27-13-15-29-56(54)47-58)63-33-17-16-32-62(63)70(66)57-40-38-53-26-12-14-28-55(53)46-57/h3-48H,1H2,2H3/b50-45+,59-44+. The highest BCUT2D eigenvalue weighted by atomic mass is 15.1. The van der Waals surface area contributed by atoms with Crippen LogP contribution in [0.1, 0.15) is 23.6 Å². The maximum atomic E-state index is 4.67. The van der Waals surface area contributed by atoms with Crippen LogP contribution in [0.3, 0.4) is 0 Å². The smallest absolute Gasteiger partial charge is 0.0618 e. The van der Waals surface area contributed by atoms with E-state index in [1.165, 1.54) is 82.0 Å². The predicted octanol–water partition coefficient (Wildman–Crippen LogP) is 20.6. The van der Waals surface area contributed by atoms with Crippen LogP contribution in [-0.2, 0) is 0 Å². The van der Waals surface area contributed by atoms with Crippen molar-refractivity contribution in [2.45, 2.75) is 6.92 Å². The summed E-state index contributed by atoms with van der Waals surface area (Å²) in [5, 5.41) is 14.4. The Kier molecular flexibility index (Phi) is 11.3. The molecule has 13 rings (SSSR count). The highest BCUT2D eigenvalue weighted by Crippen LogP contribution is 2.51. The summed E-state index contributed by atoms with van der Waals surface area (Å²) >= 11 is 0. The van der Waals surface area contributed by atoms with Crippen molar-refractivity contribution < 1.29 is 0 Å². The number of benzene rings is 13. The third-order valence-corrected chi connectivity index (χ3v) is 14.8. The Labute approximate surface area is 432 Å². The number of rotatable bonds is 10. The quantitative estimate of drug-likeness (QED) is 0.0975. The maximum absolute atomic E-state index is 4.67. The number of para-hydroxylation sites is 1. The average molecular weight is 942 g/mol. The first-order valence-corrected chi connectivity index (χ1v) is 25.5. The van der Waals surface area contributed by atoms with Crippen LogP contribution in [0.5, 0.6) is 0 Å². The van der Waals surface area contributed by atoms with E-state index in [1.54, 1.807) is 0 Å². The fourth-order valence-corrected chi connectivity index (χ4v) is 11.4. The zero-order valence-corrected chi connectivity index (χ0v) is 41.2. The number of anilines is 3. The number of fused-ring (bicyclic) bond motifs is 6. The van der Waals surface area contributed by atoms with Crippen molar-refractivity contribution in [3.63, 3.8) is 0 Å². The first kappa shape index (κ1) is 44.4. The van der Waals surface area contributed by atoms with Crippen molar-refractivity contribution in [1.82, 2.24) is 0 Å². The van der Waals surface area contributed by atoms with Gasteiger partial charge >= 0.3 is 0 Å². The molecule has 13 aromatic rings. The van der Waals surface area contributed by atoms with Crippen LogP contribution in [0.15, 0.2) is 286 Å². The summed E-state index contributed by atoms with van der Waals surface area (Å²) in [6.45, 7) is 6.88. The van der Waals surface area contributed by atoms with E-state index >= 15 is 0 Å². The van der Waals surface area contributed by atoms with Gasteiger partial charge in [-0.15, -0.1) is 0 Å². The molecule has 0 aliphatic heterocycles. The van der Waals surface area contributed by atoms with E-state index < -0.39 is 0 Å². The molecule has 0 aromatic heterocycles. The Morgan fingerprint density at radius 2 is 0.770 bits per heavy atom. The molecule has 0 fully saturated rings. The molecule has 13 aromatic carbocycles. The van der Waals surface area contributed by atoms with Gasteiger partial charge in [-0.1, -0.05) is 243 Å². The Balaban J connectivity index is 1.11. The van der Waals surface area contributed by atoms with Gasteiger partial charge in [0.05, 0.1) is 5.69 Å². The highest BCUT2D eigenvalue weighted by Gasteiger charge is 2.25. The van der Waals surface area contributed by atoms with E-state index in [4.69, 9.17) is 0 Å². The van der Waals surface area contributed by atoms with Gasteiger partial charge in [-0.2, -0.15) is 0 Å². The maximum Gasteiger partial charge on any atom is 0.0618 e. The summed E-state index contributed by atoms with van der Waals surface area (Å²) in [6, 6.07) is 97.5. The molecule has 0 heterocycles. The zero-order valence-electron chi connectivity index (χ0n) is 41.2. The van der Waals surface area contributed by atoms with Gasteiger partial charge in [-0.25, -0.2) is 0 Å². The summed E-state index contributed by atoms with van der Waals surface area (Å²) < 4.78 is 0. The highest BCUT2D eigenvalue weighted by molar-refractivity contribution is 6.24. The normalized spacial score (nSPS) is 12.1. The van der Waals surface area contributed by atoms with Gasteiger partial charge in [0.25, 0.3) is 0 Å². The summed E-state index contributed by atoms with van der Waals surface area (Å²) in [5.74, 6) is 0. The molecule has 1 heteroatoms.